The summed E-state index contributed by atoms with van der Waals surface area (Å²) in [5.41, 5.74) is 0.643. The molecule has 1 aliphatic heterocycles. The zero-order valence-electron chi connectivity index (χ0n) is 12.8. The molecule has 4 rings (SSSR count). The van der Waals surface area contributed by atoms with Gasteiger partial charge in [-0.3, -0.25) is 4.79 Å². The Hall–Kier alpha value is -1.75. The Morgan fingerprint density at radius 3 is 2.68 bits per heavy atom. The summed E-state index contributed by atoms with van der Waals surface area (Å²) in [6.45, 7) is 0.226. The van der Waals surface area contributed by atoms with E-state index < -0.39 is 16.9 Å². The number of aliphatic hydroxyl groups is 1. The summed E-state index contributed by atoms with van der Waals surface area (Å²) >= 11 is 0. The van der Waals surface area contributed by atoms with Gasteiger partial charge in [0.1, 0.15) is 18.1 Å². The summed E-state index contributed by atoms with van der Waals surface area (Å²) in [5, 5.41) is 10.8. The monoisotopic (exact) mass is 304 g/mol. The van der Waals surface area contributed by atoms with Crippen LogP contribution in [0.15, 0.2) is 12.1 Å². The van der Waals surface area contributed by atoms with Gasteiger partial charge in [-0.05, 0) is 37.8 Å². The Morgan fingerprint density at radius 2 is 1.95 bits per heavy atom. The van der Waals surface area contributed by atoms with Crippen LogP contribution in [0.5, 0.6) is 11.5 Å². The van der Waals surface area contributed by atoms with Gasteiger partial charge >= 0.3 is 5.97 Å². The fraction of sp³-hybridized carbons (Fsp3) is 0.588. The molecule has 1 saturated heterocycles. The van der Waals surface area contributed by atoms with Crippen molar-refractivity contribution in [1.82, 2.24) is 0 Å². The Balaban J connectivity index is 2.05. The fourth-order valence-corrected chi connectivity index (χ4v) is 4.98. The van der Waals surface area contributed by atoms with Crippen molar-refractivity contribution in [2.24, 2.45) is 5.41 Å². The highest BCUT2D eigenvalue weighted by Crippen LogP contribution is 2.66. The van der Waals surface area contributed by atoms with E-state index in [1.54, 1.807) is 14.2 Å². The first-order valence-electron chi connectivity index (χ1n) is 7.70. The van der Waals surface area contributed by atoms with Gasteiger partial charge in [-0.15, -0.1) is 0 Å². The van der Waals surface area contributed by atoms with Crippen molar-refractivity contribution in [1.29, 1.82) is 0 Å². The lowest BCUT2D eigenvalue weighted by Gasteiger charge is -2.44. The molecule has 0 aromatic heterocycles. The van der Waals surface area contributed by atoms with Crippen LogP contribution < -0.4 is 9.47 Å². The maximum Gasteiger partial charge on any atom is 0.313 e. The second kappa shape index (κ2) is 4.38. The number of benzene rings is 1. The van der Waals surface area contributed by atoms with Crippen molar-refractivity contribution in [3.8, 4) is 11.5 Å². The molecule has 0 bridgehead atoms. The van der Waals surface area contributed by atoms with Gasteiger partial charge in [0.05, 0.1) is 31.2 Å². The molecule has 2 aliphatic carbocycles. The van der Waals surface area contributed by atoms with E-state index in [4.69, 9.17) is 14.2 Å². The van der Waals surface area contributed by atoms with E-state index in [2.05, 4.69) is 0 Å². The third-order valence-corrected chi connectivity index (χ3v) is 6.01. The number of hydrogen-bond donors (Lipinski definition) is 1. The minimum atomic E-state index is -0.697. The topological polar surface area (TPSA) is 65.0 Å². The number of methoxy groups -OCH3 is 2. The number of hydrogen-bond acceptors (Lipinski definition) is 5. The molecular formula is C17H20O5. The summed E-state index contributed by atoms with van der Waals surface area (Å²) in [6, 6.07) is 3.75. The molecule has 0 amide bonds. The molecule has 3 aliphatic rings. The molecule has 0 spiro atoms. The number of aliphatic hydroxyl groups excluding tert-OH is 1. The lowest BCUT2D eigenvalue weighted by atomic mass is 9.56. The lowest BCUT2D eigenvalue weighted by molar-refractivity contribution is -0.147. The minimum absolute atomic E-state index is 0.167. The van der Waals surface area contributed by atoms with Crippen molar-refractivity contribution < 1.29 is 24.1 Å². The summed E-state index contributed by atoms with van der Waals surface area (Å²) in [4.78, 5) is 12.5. The lowest BCUT2D eigenvalue weighted by Crippen LogP contribution is -2.51. The Bertz CT molecular complexity index is 655. The molecule has 3 atom stereocenters. The SMILES string of the molecule is COc1ccc(OC)c2c1CC[C@]13CC[C@@H](O)[C@]21COC3=O. The number of ether oxygens (including phenoxy) is 3. The zero-order valence-corrected chi connectivity index (χ0v) is 12.8. The molecule has 5 nitrogen and oxygen atoms in total. The van der Waals surface area contributed by atoms with Crippen LogP contribution in [0.1, 0.15) is 30.4 Å². The normalized spacial score (nSPS) is 35.4. The van der Waals surface area contributed by atoms with Crippen LogP contribution in [0, 0.1) is 5.41 Å². The number of esters is 1. The minimum Gasteiger partial charge on any atom is -0.496 e. The molecule has 5 heteroatoms. The van der Waals surface area contributed by atoms with Crippen molar-refractivity contribution in [2.75, 3.05) is 20.8 Å². The van der Waals surface area contributed by atoms with Crippen LogP contribution in [0.25, 0.3) is 0 Å². The van der Waals surface area contributed by atoms with Gasteiger partial charge in [0, 0.05) is 11.1 Å². The molecule has 0 unspecified atom stereocenters. The third-order valence-electron chi connectivity index (χ3n) is 6.01. The summed E-state index contributed by atoms with van der Waals surface area (Å²) < 4.78 is 16.5. The summed E-state index contributed by atoms with van der Waals surface area (Å²) in [5.74, 6) is 1.33. The first-order chi connectivity index (χ1) is 10.6. The Morgan fingerprint density at radius 1 is 1.23 bits per heavy atom. The molecule has 118 valence electrons. The van der Waals surface area contributed by atoms with E-state index >= 15 is 0 Å². The van der Waals surface area contributed by atoms with Crippen molar-refractivity contribution in [3.63, 3.8) is 0 Å². The second-order valence-electron chi connectivity index (χ2n) is 6.51. The molecular weight excluding hydrogens is 284 g/mol. The molecule has 0 radical (unpaired) electrons. The van der Waals surface area contributed by atoms with Gasteiger partial charge in [-0.25, -0.2) is 0 Å². The molecule has 1 aromatic rings. The number of carbonyl (C=O) groups is 1. The largest absolute Gasteiger partial charge is 0.496 e. The summed E-state index contributed by atoms with van der Waals surface area (Å²) in [6.07, 6.45) is 2.12. The van der Waals surface area contributed by atoms with E-state index in [9.17, 15) is 9.90 Å². The van der Waals surface area contributed by atoms with E-state index in [1.165, 1.54) is 0 Å². The van der Waals surface area contributed by atoms with Crippen LogP contribution in [-0.2, 0) is 21.4 Å². The van der Waals surface area contributed by atoms with Crippen LogP contribution in [0.4, 0.5) is 0 Å². The van der Waals surface area contributed by atoms with Gasteiger partial charge in [-0.1, -0.05) is 0 Å². The predicted molar refractivity (Wildman–Crippen MR) is 78.2 cm³/mol. The first kappa shape index (κ1) is 13.9. The van der Waals surface area contributed by atoms with E-state index in [0.717, 1.165) is 23.3 Å². The molecule has 1 saturated carbocycles. The van der Waals surface area contributed by atoms with E-state index in [-0.39, 0.29) is 12.6 Å². The fourth-order valence-electron chi connectivity index (χ4n) is 4.98. The Kier molecular flexibility index (Phi) is 2.77. The maximum absolute atomic E-state index is 12.5. The number of cyclic esters (lactones) is 1. The standard InChI is InChI=1S/C17H20O5/c1-20-11-3-4-12(21-2)14-10(11)5-7-16-8-6-13(18)17(14,16)9-22-15(16)19/h3-4,13,18H,5-9H2,1-2H3/t13-,16-,17-/m1/s1. The molecule has 1 N–H and O–H groups in total. The van der Waals surface area contributed by atoms with Gasteiger partial charge in [0.2, 0.25) is 0 Å². The number of fused-ring (bicyclic) bond motifs is 1. The second-order valence-corrected chi connectivity index (χ2v) is 6.51. The van der Waals surface area contributed by atoms with Crippen LogP contribution in [0.3, 0.4) is 0 Å². The van der Waals surface area contributed by atoms with Crippen LogP contribution >= 0.6 is 0 Å². The van der Waals surface area contributed by atoms with Crippen molar-refractivity contribution in [3.05, 3.63) is 23.3 Å². The average Bonchev–Trinajstić information content (AvgIpc) is 3.02. The van der Waals surface area contributed by atoms with Gasteiger partial charge in [-0.2, -0.15) is 0 Å². The highest BCUT2D eigenvalue weighted by Gasteiger charge is 2.72. The number of rotatable bonds is 2. The molecule has 1 heterocycles. The van der Waals surface area contributed by atoms with E-state index in [0.29, 0.717) is 25.0 Å². The van der Waals surface area contributed by atoms with Gasteiger partial charge in [0.25, 0.3) is 0 Å². The van der Waals surface area contributed by atoms with Gasteiger partial charge in [0.15, 0.2) is 0 Å². The highest BCUT2D eigenvalue weighted by molar-refractivity contribution is 5.85. The van der Waals surface area contributed by atoms with E-state index in [1.807, 2.05) is 12.1 Å². The average molecular weight is 304 g/mol. The smallest absolute Gasteiger partial charge is 0.313 e. The number of carbonyl (C=O) groups excluding carboxylic acids is 1. The third kappa shape index (κ3) is 1.32. The maximum atomic E-state index is 12.5. The Labute approximate surface area is 129 Å². The van der Waals surface area contributed by atoms with Crippen molar-refractivity contribution >= 4 is 5.97 Å². The zero-order chi connectivity index (χ0) is 15.5. The van der Waals surface area contributed by atoms with Crippen molar-refractivity contribution in [2.45, 2.75) is 37.2 Å². The molecule has 1 aromatic carbocycles. The van der Waals surface area contributed by atoms with Crippen LogP contribution in [0.2, 0.25) is 0 Å². The first-order valence-corrected chi connectivity index (χ1v) is 7.70. The predicted octanol–water partition coefficient (Wildman–Crippen LogP) is 1.59. The quantitative estimate of drug-likeness (QED) is 0.841. The highest BCUT2D eigenvalue weighted by atomic mass is 16.5. The van der Waals surface area contributed by atoms with Crippen LogP contribution in [-0.4, -0.2) is 38.0 Å². The summed E-state index contributed by atoms with van der Waals surface area (Å²) in [7, 11) is 3.26. The molecule has 2 fully saturated rings. The van der Waals surface area contributed by atoms with Gasteiger partial charge < -0.3 is 19.3 Å². The molecule has 22 heavy (non-hydrogen) atoms.